The van der Waals surface area contributed by atoms with Crippen LogP contribution in [0.3, 0.4) is 0 Å². The third-order valence-corrected chi connectivity index (χ3v) is 4.25. The predicted octanol–water partition coefficient (Wildman–Crippen LogP) is 0.839. The largest absolute Gasteiger partial charge is 0.392 e. The average Bonchev–Trinajstić information content (AvgIpc) is 3.15. The maximum absolute atomic E-state index is 9.61. The van der Waals surface area contributed by atoms with Crippen LogP contribution in [-0.2, 0) is 16.0 Å². The van der Waals surface area contributed by atoms with E-state index in [0.29, 0.717) is 26.3 Å². The number of imidazole rings is 1. The van der Waals surface area contributed by atoms with E-state index in [9.17, 15) is 5.11 Å². The van der Waals surface area contributed by atoms with Crippen LogP contribution in [0.4, 0.5) is 5.82 Å². The molecule has 3 heterocycles. The van der Waals surface area contributed by atoms with Crippen molar-refractivity contribution in [3.05, 3.63) is 12.7 Å². The summed E-state index contributed by atoms with van der Waals surface area (Å²) in [5.74, 6) is 0.760. The van der Waals surface area contributed by atoms with E-state index in [2.05, 4.69) is 15.0 Å². The molecule has 132 valence electrons. The van der Waals surface area contributed by atoms with E-state index in [1.165, 1.54) is 6.33 Å². The summed E-state index contributed by atoms with van der Waals surface area (Å²) in [7, 11) is 1.98. The van der Waals surface area contributed by atoms with Crippen molar-refractivity contribution in [3.63, 3.8) is 0 Å². The number of likely N-dealkylation sites (N-methyl/N-ethyl adjacent to an activating group) is 1. The fraction of sp³-hybridized carbons (Fsp3) is 0.688. The first-order chi connectivity index (χ1) is 11.5. The molecule has 1 N–H and O–H groups in total. The van der Waals surface area contributed by atoms with Crippen LogP contribution in [0.5, 0.6) is 0 Å². The normalized spacial score (nSPS) is 22.2. The quantitative estimate of drug-likeness (QED) is 0.802. The Morgan fingerprint density at radius 1 is 1.46 bits per heavy atom. The van der Waals surface area contributed by atoms with Crippen molar-refractivity contribution < 1.29 is 14.6 Å². The lowest BCUT2D eigenvalue weighted by atomic mass is 10.0. The Bertz CT molecular complexity index is 681. The maximum Gasteiger partial charge on any atom is 0.165 e. The van der Waals surface area contributed by atoms with Crippen molar-refractivity contribution in [1.29, 1.82) is 0 Å². The Kier molecular flexibility index (Phi) is 4.98. The second-order valence-corrected chi connectivity index (χ2v) is 6.39. The Balaban J connectivity index is 1.87. The fourth-order valence-electron chi connectivity index (χ4n) is 3.25. The predicted molar refractivity (Wildman–Crippen MR) is 90.1 cm³/mol. The minimum Gasteiger partial charge on any atom is -0.392 e. The van der Waals surface area contributed by atoms with E-state index in [0.717, 1.165) is 30.0 Å². The van der Waals surface area contributed by atoms with Gasteiger partial charge >= 0.3 is 0 Å². The molecule has 0 spiro atoms. The number of rotatable bonds is 7. The van der Waals surface area contributed by atoms with Crippen molar-refractivity contribution in [2.24, 2.45) is 0 Å². The molecular formula is C16H25N5O3. The lowest BCUT2D eigenvalue weighted by Gasteiger charge is -2.32. The smallest absolute Gasteiger partial charge is 0.165 e. The molecule has 2 aromatic rings. The topological polar surface area (TPSA) is 85.5 Å². The van der Waals surface area contributed by atoms with Crippen LogP contribution in [0.1, 0.15) is 20.3 Å². The van der Waals surface area contributed by atoms with E-state index in [4.69, 9.17) is 9.47 Å². The Hall–Kier alpha value is -1.77. The van der Waals surface area contributed by atoms with Gasteiger partial charge in [0, 0.05) is 26.7 Å². The molecule has 8 heteroatoms. The van der Waals surface area contributed by atoms with E-state index >= 15 is 0 Å². The minimum absolute atomic E-state index is 0.303. The van der Waals surface area contributed by atoms with Crippen molar-refractivity contribution in [1.82, 2.24) is 19.5 Å². The van der Waals surface area contributed by atoms with E-state index in [1.54, 1.807) is 13.3 Å². The first kappa shape index (κ1) is 17.1. The third kappa shape index (κ3) is 3.35. The standard InChI is InChI=1S/C16H25N5O3/c1-4-24-16(5-6-23-9-16)8-20(3)14-13-15(18-10-17-14)21(11-19-13)7-12(2)22/h10-12,22H,4-9H2,1-3H3. The Labute approximate surface area is 141 Å². The lowest BCUT2D eigenvalue weighted by molar-refractivity contribution is -0.0369. The highest BCUT2D eigenvalue weighted by molar-refractivity contribution is 5.83. The van der Waals surface area contributed by atoms with Crippen molar-refractivity contribution in [3.8, 4) is 0 Å². The summed E-state index contributed by atoms with van der Waals surface area (Å²) in [5.41, 5.74) is 1.15. The highest BCUT2D eigenvalue weighted by Crippen LogP contribution is 2.28. The molecule has 2 aromatic heterocycles. The molecule has 2 atom stereocenters. The summed E-state index contributed by atoms with van der Waals surface area (Å²) >= 11 is 0. The summed E-state index contributed by atoms with van der Waals surface area (Å²) in [6.45, 7) is 6.83. The zero-order valence-corrected chi connectivity index (χ0v) is 14.5. The van der Waals surface area contributed by atoms with Crippen molar-refractivity contribution in [2.75, 3.05) is 38.3 Å². The zero-order chi connectivity index (χ0) is 17.2. The molecule has 24 heavy (non-hydrogen) atoms. The number of aliphatic hydroxyl groups is 1. The number of aromatic nitrogens is 4. The summed E-state index contributed by atoms with van der Waals surface area (Å²) in [6, 6.07) is 0. The van der Waals surface area contributed by atoms with Gasteiger partial charge in [0.15, 0.2) is 17.0 Å². The Morgan fingerprint density at radius 3 is 2.96 bits per heavy atom. The number of hydrogen-bond donors (Lipinski definition) is 1. The van der Waals surface area contributed by atoms with Crippen LogP contribution >= 0.6 is 0 Å². The lowest BCUT2D eigenvalue weighted by Crippen LogP contribution is -2.45. The van der Waals surface area contributed by atoms with E-state index in [1.807, 2.05) is 23.4 Å². The Morgan fingerprint density at radius 2 is 2.29 bits per heavy atom. The molecule has 2 unspecified atom stereocenters. The molecule has 3 rings (SSSR count). The molecule has 0 radical (unpaired) electrons. The van der Waals surface area contributed by atoms with Gasteiger partial charge in [-0.1, -0.05) is 0 Å². The van der Waals surface area contributed by atoms with Gasteiger partial charge in [-0.25, -0.2) is 15.0 Å². The second-order valence-electron chi connectivity index (χ2n) is 6.39. The molecule has 0 aliphatic carbocycles. The summed E-state index contributed by atoms with van der Waals surface area (Å²) < 4.78 is 13.4. The van der Waals surface area contributed by atoms with Gasteiger partial charge in [0.25, 0.3) is 0 Å². The van der Waals surface area contributed by atoms with Gasteiger partial charge in [-0.05, 0) is 13.8 Å². The minimum atomic E-state index is -0.463. The van der Waals surface area contributed by atoms with Gasteiger partial charge in [-0.3, -0.25) is 0 Å². The second kappa shape index (κ2) is 7.00. The van der Waals surface area contributed by atoms with Crippen molar-refractivity contribution in [2.45, 2.75) is 38.5 Å². The third-order valence-electron chi connectivity index (χ3n) is 4.25. The van der Waals surface area contributed by atoms with Crippen LogP contribution in [-0.4, -0.2) is 69.7 Å². The van der Waals surface area contributed by atoms with Crippen LogP contribution in [0.25, 0.3) is 11.2 Å². The van der Waals surface area contributed by atoms with Gasteiger partial charge in [0.2, 0.25) is 0 Å². The molecule has 0 bridgehead atoms. The maximum atomic E-state index is 9.61. The molecule has 1 aliphatic heterocycles. The van der Waals surface area contributed by atoms with Crippen LogP contribution < -0.4 is 4.90 Å². The summed E-state index contributed by atoms with van der Waals surface area (Å²) in [4.78, 5) is 15.2. The highest BCUT2D eigenvalue weighted by Gasteiger charge is 2.37. The number of nitrogens with zero attached hydrogens (tertiary/aromatic N) is 5. The number of ether oxygens (including phenoxy) is 2. The first-order valence-electron chi connectivity index (χ1n) is 8.31. The van der Waals surface area contributed by atoms with Gasteiger partial charge in [0.05, 0.1) is 32.1 Å². The monoisotopic (exact) mass is 335 g/mol. The molecule has 1 saturated heterocycles. The van der Waals surface area contributed by atoms with Gasteiger partial charge in [-0.15, -0.1) is 0 Å². The highest BCUT2D eigenvalue weighted by atomic mass is 16.6. The zero-order valence-electron chi connectivity index (χ0n) is 14.5. The van der Waals surface area contributed by atoms with Gasteiger partial charge in [-0.2, -0.15) is 0 Å². The van der Waals surface area contributed by atoms with Crippen LogP contribution in [0, 0.1) is 0 Å². The number of aliphatic hydroxyl groups excluding tert-OH is 1. The fourth-order valence-corrected chi connectivity index (χ4v) is 3.25. The van der Waals surface area contributed by atoms with Crippen molar-refractivity contribution >= 4 is 17.0 Å². The summed E-state index contributed by atoms with van der Waals surface area (Å²) in [5, 5.41) is 9.61. The first-order valence-corrected chi connectivity index (χ1v) is 8.31. The van der Waals surface area contributed by atoms with E-state index < -0.39 is 6.10 Å². The average molecular weight is 335 g/mol. The molecule has 8 nitrogen and oxygen atoms in total. The molecular weight excluding hydrogens is 310 g/mol. The van der Waals surface area contributed by atoms with E-state index in [-0.39, 0.29) is 5.60 Å². The molecule has 0 saturated carbocycles. The van der Waals surface area contributed by atoms with Gasteiger partial charge < -0.3 is 24.0 Å². The SMILES string of the molecule is CCOC1(CN(C)c2ncnc3c2ncn3CC(C)O)CCOC1. The summed E-state index contributed by atoms with van der Waals surface area (Å²) in [6.07, 6.45) is 3.64. The molecule has 0 aromatic carbocycles. The number of hydrogen-bond acceptors (Lipinski definition) is 7. The molecule has 0 amide bonds. The molecule has 1 fully saturated rings. The van der Waals surface area contributed by atoms with Crippen LogP contribution in [0.2, 0.25) is 0 Å². The molecule has 1 aliphatic rings. The number of fused-ring (bicyclic) bond motifs is 1. The van der Waals surface area contributed by atoms with Crippen LogP contribution in [0.15, 0.2) is 12.7 Å². The van der Waals surface area contributed by atoms with Gasteiger partial charge in [0.1, 0.15) is 11.9 Å². The number of anilines is 1.